The number of Topliss-reactive ketones (excluding diaryl/α,β-unsaturated/α-hetero) is 1. The van der Waals surface area contributed by atoms with Crippen molar-refractivity contribution >= 4 is 39.0 Å². The summed E-state index contributed by atoms with van der Waals surface area (Å²) in [6.07, 6.45) is 1.86. The minimum absolute atomic E-state index is 0.0932. The average molecular weight is 373 g/mol. The smallest absolute Gasteiger partial charge is 0.276 e. The molecule has 0 saturated heterocycles. The van der Waals surface area contributed by atoms with Gasteiger partial charge in [-0.15, -0.1) is 0 Å². The summed E-state index contributed by atoms with van der Waals surface area (Å²) in [7, 11) is 0. The fourth-order valence-corrected chi connectivity index (χ4v) is 2.12. The number of rotatable bonds is 9. The normalized spacial score (nSPS) is 10.3. The number of benzene rings is 1. The largest absolute Gasteiger partial charge is 0.391 e. The number of hydrogen-bond donors (Lipinski definition) is 2. The molecule has 22 heavy (non-hydrogen) atoms. The summed E-state index contributed by atoms with van der Waals surface area (Å²) >= 11 is 3.07. The Morgan fingerprint density at radius 3 is 2.55 bits per heavy atom. The Bertz CT molecular complexity index is 562. The molecule has 0 bridgehead atoms. The van der Waals surface area contributed by atoms with Gasteiger partial charge in [0.25, 0.3) is 5.69 Å². The van der Waals surface area contributed by atoms with E-state index in [0.29, 0.717) is 30.3 Å². The topological polar surface area (TPSA) is 110 Å². The lowest BCUT2D eigenvalue weighted by Crippen LogP contribution is -2.12. The standard InChI is InChI=1S/C14H17BrN2O5/c15-8-12(19)3-1-2-4-14(20)16-11-6-5-10(9-18)13(7-11)17(21)22/h5-7,18H,1-4,8-9H2,(H,16,20). The second kappa shape index (κ2) is 9.26. The first-order chi connectivity index (χ1) is 10.5. The molecule has 0 unspecified atom stereocenters. The van der Waals surface area contributed by atoms with Crippen LogP contribution in [0, 0.1) is 10.1 Å². The minimum Gasteiger partial charge on any atom is -0.391 e. The Kier molecular flexibility index (Phi) is 7.69. The molecule has 0 aliphatic heterocycles. The summed E-state index contributed by atoms with van der Waals surface area (Å²) in [5.74, 6) is -0.173. The number of nitro groups is 1. The van der Waals surface area contributed by atoms with Gasteiger partial charge in [-0.2, -0.15) is 0 Å². The third kappa shape index (κ3) is 5.90. The van der Waals surface area contributed by atoms with Gasteiger partial charge in [-0.1, -0.05) is 15.9 Å². The summed E-state index contributed by atoms with van der Waals surface area (Å²) in [6.45, 7) is -0.438. The lowest BCUT2D eigenvalue weighted by atomic mass is 10.1. The number of amides is 1. The Hall–Kier alpha value is -1.80. The number of aliphatic hydroxyl groups excluding tert-OH is 1. The van der Waals surface area contributed by atoms with E-state index in [-0.39, 0.29) is 29.4 Å². The van der Waals surface area contributed by atoms with E-state index in [1.54, 1.807) is 0 Å². The Morgan fingerprint density at radius 2 is 1.95 bits per heavy atom. The molecule has 0 saturated carbocycles. The predicted octanol–water partition coefficient (Wildman–Crippen LogP) is 2.55. The van der Waals surface area contributed by atoms with Crippen molar-refractivity contribution in [1.29, 1.82) is 0 Å². The molecule has 0 radical (unpaired) electrons. The molecule has 120 valence electrons. The lowest BCUT2D eigenvalue weighted by Gasteiger charge is -2.06. The number of nitrogens with one attached hydrogen (secondary N) is 1. The highest BCUT2D eigenvalue weighted by Crippen LogP contribution is 2.23. The van der Waals surface area contributed by atoms with Crippen molar-refractivity contribution in [2.24, 2.45) is 0 Å². The number of halogens is 1. The van der Waals surface area contributed by atoms with Crippen LogP contribution in [0.1, 0.15) is 31.2 Å². The molecule has 0 heterocycles. The zero-order chi connectivity index (χ0) is 16.5. The first kappa shape index (κ1) is 18.2. The van der Waals surface area contributed by atoms with Crippen LogP contribution in [0.5, 0.6) is 0 Å². The highest BCUT2D eigenvalue weighted by Gasteiger charge is 2.14. The maximum Gasteiger partial charge on any atom is 0.276 e. The Morgan fingerprint density at radius 1 is 1.27 bits per heavy atom. The average Bonchev–Trinajstić information content (AvgIpc) is 2.51. The van der Waals surface area contributed by atoms with E-state index in [9.17, 15) is 19.7 Å². The zero-order valence-electron chi connectivity index (χ0n) is 11.9. The molecular weight excluding hydrogens is 356 g/mol. The molecule has 8 heteroatoms. The monoisotopic (exact) mass is 372 g/mol. The van der Waals surface area contributed by atoms with Crippen LogP contribution in [-0.2, 0) is 16.2 Å². The van der Waals surface area contributed by atoms with Crippen LogP contribution < -0.4 is 5.32 Å². The molecule has 0 aliphatic carbocycles. The van der Waals surface area contributed by atoms with Gasteiger partial charge in [0.1, 0.15) is 5.78 Å². The van der Waals surface area contributed by atoms with Gasteiger partial charge in [-0.25, -0.2) is 0 Å². The van der Waals surface area contributed by atoms with Crippen molar-refractivity contribution < 1.29 is 19.6 Å². The molecule has 0 atom stereocenters. The van der Waals surface area contributed by atoms with E-state index in [0.717, 1.165) is 0 Å². The SMILES string of the molecule is O=C(CBr)CCCCC(=O)Nc1ccc(CO)c([N+](=O)[O-])c1. The predicted molar refractivity (Wildman–Crippen MR) is 84.9 cm³/mol. The van der Waals surface area contributed by atoms with E-state index in [1.807, 2.05) is 0 Å². The van der Waals surface area contributed by atoms with Gasteiger partial charge in [0.2, 0.25) is 5.91 Å². The van der Waals surface area contributed by atoms with Gasteiger partial charge in [-0.3, -0.25) is 19.7 Å². The third-order valence-electron chi connectivity index (χ3n) is 2.99. The summed E-state index contributed by atoms with van der Waals surface area (Å²) in [6, 6.07) is 4.13. The van der Waals surface area contributed by atoms with Gasteiger partial charge >= 0.3 is 0 Å². The van der Waals surface area contributed by atoms with Crippen molar-refractivity contribution in [1.82, 2.24) is 0 Å². The quantitative estimate of drug-likeness (QED) is 0.299. The second-order valence-electron chi connectivity index (χ2n) is 4.69. The number of carbonyl (C=O) groups excluding carboxylic acids is 2. The van der Waals surface area contributed by atoms with Crippen LogP contribution in [0.3, 0.4) is 0 Å². The van der Waals surface area contributed by atoms with Crippen molar-refractivity contribution in [2.45, 2.75) is 32.3 Å². The van der Waals surface area contributed by atoms with E-state index in [2.05, 4.69) is 21.2 Å². The maximum absolute atomic E-state index is 11.7. The van der Waals surface area contributed by atoms with Gasteiger partial charge in [-0.05, 0) is 25.0 Å². The minimum atomic E-state index is -0.604. The molecule has 7 nitrogen and oxygen atoms in total. The molecule has 1 aromatic rings. The van der Waals surface area contributed by atoms with Crippen molar-refractivity contribution in [3.8, 4) is 0 Å². The lowest BCUT2D eigenvalue weighted by molar-refractivity contribution is -0.385. The number of hydrogen-bond acceptors (Lipinski definition) is 5. The number of nitrogens with zero attached hydrogens (tertiary/aromatic N) is 1. The first-order valence-corrected chi connectivity index (χ1v) is 7.85. The first-order valence-electron chi connectivity index (χ1n) is 6.73. The van der Waals surface area contributed by atoms with E-state index < -0.39 is 11.5 Å². The van der Waals surface area contributed by atoms with E-state index in [4.69, 9.17) is 5.11 Å². The number of unbranched alkanes of at least 4 members (excludes halogenated alkanes) is 1. The zero-order valence-corrected chi connectivity index (χ0v) is 13.5. The van der Waals surface area contributed by atoms with Crippen LogP contribution in [0.25, 0.3) is 0 Å². The van der Waals surface area contributed by atoms with Gasteiger partial charge in [0.15, 0.2) is 0 Å². The third-order valence-corrected chi connectivity index (χ3v) is 3.62. The number of nitro benzene ring substituents is 1. The Labute approximate surface area is 136 Å². The van der Waals surface area contributed by atoms with Crippen LogP contribution in [-0.4, -0.2) is 27.1 Å². The highest BCUT2D eigenvalue weighted by molar-refractivity contribution is 9.09. The fourth-order valence-electron chi connectivity index (χ4n) is 1.84. The molecule has 1 amide bonds. The van der Waals surface area contributed by atoms with Crippen LogP contribution in [0.15, 0.2) is 18.2 Å². The molecule has 0 aromatic heterocycles. The van der Waals surface area contributed by atoms with E-state index in [1.165, 1.54) is 18.2 Å². The number of ketones is 1. The molecule has 1 rings (SSSR count). The van der Waals surface area contributed by atoms with Crippen LogP contribution >= 0.6 is 15.9 Å². The second-order valence-corrected chi connectivity index (χ2v) is 5.25. The Balaban J connectivity index is 2.52. The summed E-state index contributed by atoms with van der Waals surface area (Å²) in [5.41, 5.74) is 0.268. The molecule has 0 spiro atoms. The van der Waals surface area contributed by atoms with Crippen LogP contribution in [0.4, 0.5) is 11.4 Å². The van der Waals surface area contributed by atoms with Crippen molar-refractivity contribution in [3.05, 3.63) is 33.9 Å². The van der Waals surface area contributed by atoms with Crippen LogP contribution in [0.2, 0.25) is 0 Å². The maximum atomic E-state index is 11.7. The molecule has 2 N–H and O–H groups in total. The fraction of sp³-hybridized carbons (Fsp3) is 0.429. The van der Waals surface area contributed by atoms with E-state index >= 15 is 0 Å². The molecule has 0 fully saturated rings. The highest BCUT2D eigenvalue weighted by atomic mass is 79.9. The number of alkyl halides is 1. The number of anilines is 1. The molecule has 1 aromatic carbocycles. The summed E-state index contributed by atoms with van der Waals surface area (Å²) in [5, 5.41) is 22.8. The number of aliphatic hydroxyl groups is 1. The molecular formula is C14H17BrN2O5. The number of carbonyl (C=O) groups is 2. The summed E-state index contributed by atoms with van der Waals surface area (Å²) < 4.78 is 0. The van der Waals surface area contributed by atoms with Gasteiger partial charge < -0.3 is 10.4 Å². The van der Waals surface area contributed by atoms with Crippen molar-refractivity contribution in [2.75, 3.05) is 10.6 Å². The van der Waals surface area contributed by atoms with Gasteiger partial charge in [0, 0.05) is 24.6 Å². The molecule has 0 aliphatic rings. The van der Waals surface area contributed by atoms with Gasteiger partial charge in [0.05, 0.1) is 22.4 Å². The summed E-state index contributed by atoms with van der Waals surface area (Å²) in [4.78, 5) is 33.1. The van der Waals surface area contributed by atoms with Crippen molar-refractivity contribution in [3.63, 3.8) is 0 Å².